The Bertz CT molecular complexity index is 430. The second-order valence-corrected chi connectivity index (χ2v) is 5.48. The second kappa shape index (κ2) is 8.75. The van der Waals surface area contributed by atoms with Crippen LogP contribution < -0.4 is 0 Å². The maximum Gasteiger partial charge on any atom is 0.377 e. The molecule has 4 N–H and O–H groups in total. The summed E-state index contributed by atoms with van der Waals surface area (Å²) in [5.41, 5.74) is 0. The van der Waals surface area contributed by atoms with Crippen molar-refractivity contribution in [2.45, 2.75) is 70.2 Å². The van der Waals surface area contributed by atoms with Crippen LogP contribution in [-0.4, -0.2) is 50.5 Å². The topological polar surface area (TPSA) is 124 Å². The number of unbranched alkanes of at least 4 members (excludes halogenated alkanes) is 5. The van der Waals surface area contributed by atoms with E-state index in [0.29, 0.717) is 6.42 Å². The summed E-state index contributed by atoms with van der Waals surface area (Å²) in [5.74, 6) is -3.67. The molecular formula is C15H24O7. The molecule has 0 saturated carbocycles. The first kappa shape index (κ1) is 18.4. The molecule has 0 aromatic rings. The van der Waals surface area contributed by atoms with E-state index >= 15 is 0 Å². The number of aliphatic hydroxyl groups is 4. The van der Waals surface area contributed by atoms with Gasteiger partial charge in [0.05, 0.1) is 0 Å². The van der Waals surface area contributed by atoms with Gasteiger partial charge >= 0.3 is 5.97 Å². The van der Waals surface area contributed by atoms with Crippen molar-refractivity contribution in [1.29, 1.82) is 0 Å². The molecule has 1 aliphatic rings. The number of ketones is 1. The number of aliphatic hydroxyl groups excluding tert-OH is 4. The molecule has 22 heavy (non-hydrogen) atoms. The maximum atomic E-state index is 11.8. The summed E-state index contributed by atoms with van der Waals surface area (Å²) in [5, 5.41) is 38.1. The number of cyclic esters (lactones) is 1. The van der Waals surface area contributed by atoms with Gasteiger partial charge in [0, 0.05) is 6.42 Å². The van der Waals surface area contributed by atoms with Gasteiger partial charge in [0.25, 0.3) is 0 Å². The van der Waals surface area contributed by atoms with Crippen molar-refractivity contribution < 1.29 is 34.8 Å². The first-order valence-electron chi connectivity index (χ1n) is 7.62. The number of rotatable bonds is 10. The van der Waals surface area contributed by atoms with Gasteiger partial charge in [0.15, 0.2) is 17.6 Å². The predicted octanol–water partition coefficient (Wildman–Crippen LogP) is 1.28. The van der Waals surface area contributed by atoms with Crippen molar-refractivity contribution >= 4 is 11.8 Å². The summed E-state index contributed by atoms with van der Waals surface area (Å²) in [4.78, 5) is 22.8. The average Bonchev–Trinajstić information content (AvgIpc) is 2.76. The summed E-state index contributed by atoms with van der Waals surface area (Å²) in [7, 11) is 0. The highest BCUT2D eigenvalue weighted by atomic mass is 16.6. The van der Waals surface area contributed by atoms with Crippen LogP contribution in [0.2, 0.25) is 0 Å². The lowest BCUT2D eigenvalue weighted by Crippen LogP contribution is -2.43. The Morgan fingerprint density at radius 2 is 1.73 bits per heavy atom. The van der Waals surface area contributed by atoms with E-state index in [1.54, 1.807) is 0 Å². The van der Waals surface area contributed by atoms with Gasteiger partial charge in [0.1, 0.15) is 12.2 Å². The highest BCUT2D eigenvalue weighted by Crippen LogP contribution is 2.23. The highest BCUT2D eigenvalue weighted by molar-refractivity contribution is 5.89. The van der Waals surface area contributed by atoms with Crippen LogP contribution in [0.4, 0.5) is 0 Å². The molecule has 0 aromatic carbocycles. The van der Waals surface area contributed by atoms with Crippen LogP contribution in [0.5, 0.6) is 0 Å². The number of carbonyl (C=O) groups is 2. The molecule has 1 rings (SSSR count). The minimum absolute atomic E-state index is 0.0987. The smallest absolute Gasteiger partial charge is 0.377 e. The van der Waals surface area contributed by atoms with Crippen LogP contribution in [0.15, 0.2) is 11.5 Å². The molecule has 0 spiro atoms. The Morgan fingerprint density at radius 1 is 1.14 bits per heavy atom. The van der Waals surface area contributed by atoms with Gasteiger partial charge in [-0.1, -0.05) is 39.0 Å². The van der Waals surface area contributed by atoms with Gasteiger partial charge in [0.2, 0.25) is 5.76 Å². The van der Waals surface area contributed by atoms with Crippen molar-refractivity contribution in [3.8, 4) is 0 Å². The van der Waals surface area contributed by atoms with Crippen molar-refractivity contribution in [1.82, 2.24) is 0 Å². The minimum atomic E-state index is -1.80. The van der Waals surface area contributed by atoms with E-state index < -0.39 is 41.6 Å². The Kier molecular flexibility index (Phi) is 7.34. The van der Waals surface area contributed by atoms with Gasteiger partial charge in [-0.25, -0.2) is 4.79 Å². The molecule has 0 aliphatic carbocycles. The first-order valence-corrected chi connectivity index (χ1v) is 7.62. The Balaban J connectivity index is 2.38. The maximum absolute atomic E-state index is 11.8. The fourth-order valence-corrected chi connectivity index (χ4v) is 2.28. The van der Waals surface area contributed by atoms with Gasteiger partial charge < -0.3 is 25.2 Å². The van der Waals surface area contributed by atoms with Gasteiger partial charge in [-0.2, -0.15) is 0 Å². The zero-order chi connectivity index (χ0) is 16.7. The highest BCUT2D eigenvalue weighted by Gasteiger charge is 2.43. The zero-order valence-corrected chi connectivity index (χ0v) is 12.7. The van der Waals surface area contributed by atoms with E-state index in [-0.39, 0.29) is 6.42 Å². The number of Topliss-reactive ketones (excluding diaryl/α,β-unsaturated/α-hetero) is 1. The molecule has 0 bridgehead atoms. The molecule has 2 unspecified atom stereocenters. The molecule has 0 radical (unpaired) electrons. The fourth-order valence-electron chi connectivity index (χ4n) is 2.28. The Labute approximate surface area is 129 Å². The van der Waals surface area contributed by atoms with Crippen LogP contribution in [0.25, 0.3) is 0 Å². The number of ether oxygens (including phenoxy) is 1. The van der Waals surface area contributed by atoms with E-state index in [9.17, 15) is 24.9 Å². The van der Waals surface area contributed by atoms with E-state index in [2.05, 4.69) is 11.7 Å². The lowest BCUT2D eigenvalue weighted by molar-refractivity contribution is -0.154. The predicted molar refractivity (Wildman–Crippen MR) is 77.2 cm³/mol. The average molecular weight is 316 g/mol. The van der Waals surface area contributed by atoms with Crippen LogP contribution in [0.1, 0.15) is 51.9 Å². The summed E-state index contributed by atoms with van der Waals surface area (Å²) in [6.45, 7) is 2.11. The summed E-state index contributed by atoms with van der Waals surface area (Å²) < 4.78 is 4.51. The molecule has 126 valence electrons. The molecule has 0 fully saturated rings. The van der Waals surface area contributed by atoms with Crippen LogP contribution in [-0.2, 0) is 14.3 Å². The van der Waals surface area contributed by atoms with Crippen LogP contribution in [0, 0.1) is 0 Å². The van der Waals surface area contributed by atoms with Crippen molar-refractivity contribution in [3.05, 3.63) is 11.5 Å². The Hall–Kier alpha value is -1.60. The van der Waals surface area contributed by atoms with Crippen molar-refractivity contribution in [3.63, 3.8) is 0 Å². The third-order valence-electron chi connectivity index (χ3n) is 3.68. The minimum Gasteiger partial charge on any atom is -0.505 e. The second-order valence-electron chi connectivity index (χ2n) is 5.48. The summed E-state index contributed by atoms with van der Waals surface area (Å²) in [6, 6.07) is 0. The van der Waals surface area contributed by atoms with Crippen LogP contribution >= 0.6 is 0 Å². The SMILES string of the molecule is CCCCCCCCC(=O)C(O)C(O)[C@@H]1OC(=O)C(O)=C1O. The largest absolute Gasteiger partial charge is 0.505 e. The lowest BCUT2D eigenvalue weighted by atomic mass is 9.99. The quantitative estimate of drug-likeness (QED) is 0.353. The van der Waals surface area contributed by atoms with E-state index in [1.807, 2.05) is 0 Å². The van der Waals surface area contributed by atoms with Gasteiger partial charge in [-0.05, 0) is 6.42 Å². The van der Waals surface area contributed by atoms with E-state index in [1.165, 1.54) is 0 Å². The van der Waals surface area contributed by atoms with Gasteiger partial charge in [-0.15, -0.1) is 0 Å². The molecule has 7 nitrogen and oxygen atoms in total. The fraction of sp³-hybridized carbons (Fsp3) is 0.733. The molecule has 0 aromatic heterocycles. The number of hydrogen-bond donors (Lipinski definition) is 4. The van der Waals surface area contributed by atoms with E-state index in [0.717, 1.165) is 32.1 Å². The lowest BCUT2D eigenvalue weighted by Gasteiger charge is -2.21. The molecular weight excluding hydrogens is 292 g/mol. The standard InChI is InChI=1S/C15H24O7/c1-2-3-4-5-6-7-8-9(16)10(17)11(18)14-12(19)13(20)15(21)22-14/h10-11,14,17-20H,2-8H2,1H3/t10?,11?,14-/m0/s1. The molecule has 0 saturated heterocycles. The van der Waals surface area contributed by atoms with Crippen LogP contribution in [0.3, 0.4) is 0 Å². The molecule has 7 heteroatoms. The Morgan fingerprint density at radius 3 is 2.27 bits per heavy atom. The number of carbonyl (C=O) groups excluding carboxylic acids is 2. The summed E-state index contributed by atoms with van der Waals surface area (Å²) >= 11 is 0. The molecule has 3 atom stereocenters. The number of hydrogen-bond acceptors (Lipinski definition) is 7. The van der Waals surface area contributed by atoms with E-state index in [4.69, 9.17) is 5.11 Å². The third-order valence-corrected chi connectivity index (χ3v) is 3.68. The monoisotopic (exact) mass is 316 g/mol. The van der Waals surface area contributed by atoms with Crippen molar-refractivity contribution in [2.24, 2.45) is 0 Å². The van der Waals surface area contributed by atoms with Crippen molar-refractivity contribution in [2.75, 3.05) is 0 Å². The third kappa shape index (κ3) is 4.71. The molecule has 1 heterocycles. The molecule has 0 amide bonds. The summed E-state index contributed by atoms with van der Waals surface area (Å²) in [6.07, 6.45) is 0.761. The molecule has 1 aliphatic heterocycles. The zero-order valence-electron chi connectivity index (χ0n) is 12.7. The first-order chi connectivity index (χ1) is 10.4. The normalized spacial score (nSPS) is 20.9. The number of esters is 1. The van der Waals surface area contributed by atoms with Gasteiger partial charge in [-0.3, -0.25) is 4.79 Å².